The van der Waals surface area contributed by atoms with Crippen molar-refractivity contribution < 1.29 is 9.53 Å². The average molecular weight is 246 g/mol. The number of carbonyl (C=O) groups excluding carboxylic acids is 1. The molecule has 0 radical (unpaired) electrons. The number of hydrogen-bond donors (Lipinski definition) is 1. The van der Waals surface area contributed by atoms with E-state index in [0.29, 0.717) is 6.47 Å². The van der Waals surface area contributed by atoms with Gasteiger partial charge in [0.25, 0.3) is 6.47 Å². The fourth-order valence-corrected chi connectivity index (χ4v) is 1.56. The number of hydrogen-bond acceptors (Lipinski definition) is 2. The van der Waals surface area contributed by atoms with Gasteiger partial charge in [-0.3, -0.25) is 4.79 Å². The van der Waals surface area contributed by atoms with Gasteiger partial charge in [-0.25, -0.2) is 0 Å². The van der Waals surface area contributed by atoms with Crippen LogP contribution in [0, 0.1) is 0 Å². The average Bonchev–Trinajstić information content (AvgIpc) is 2.50. The summed E-state index contributed by atoms with van der Waals surface area (Å²) < 4.78 is 5.84. The molecule has 3 nitrogen and oxygen atoms in total. The van der Waals surface area contributed by atoms with E-state index in [2.05, 4.69) is 20.9 Å². The highest BCUT2D eigenvalue weighted by molar-refractivity contribution is 9.10. The minimum absolute atomic E-state index is 0.0137. The van der Waals surface area contributed by atoms with E-state index >= 15 is 0 Å². The van der Waals surface area contributed by atoms with Crippen molar-refractivity contribution in [3.05, 3.63) is 22.4 Å². The number of nitrogens with one attached hydrogen (secondary N) is 1. The van der Waals surface area contributed by atoms with Crippen LogP contribution in [0.15, 0.2) is 16.9 Å². The van der Waals surface area contributed by atoms with Crippen molar-refractivity contribution in [1.82, 2.24) is 4.98 Å². The molecule has 0 spiro atoms. The summed E-state index contributed by atoms with van der Waals surface area (Å²) in [5, 5.41) is 0. The summed E-state index contributed by atoms with van der Waals surface area (Å²) in [4.78, 5) is 13.1. The second kappa shape index (κ2) is 5.07. The molecular formula is C9H12BrNO2. The number of carbonyl (C=O) groups is 1. The predicted octanol–water partition coefficient (Wildman–Crippen LogP) is 2.27. The van der Waals surface area contributed by atoms with Gasteiger partial charge in [-0.2, -0.15) is 0 Å². The van der Waals surface area contributed by atoms with Crippen LogP contribution >= 0.6 is 15.9 Å². The van der Waals surface area contributed by atoms with Crippen LogP contribution in [0.2, 0.25) is 0 Å². The van der Waals surface area contributed by atoms with Gasteiger partial charge in [0.15, 0.2) is 0 Å². The van der Waals surface area contributed by atoms with E-state index in [9.17, 15) is 4.79 Å². The molecule has 1 N–H and O–H groups in total. The molecule has 1 rings (SSSR count). The Bertz CT molecular complexity index is 272. The Labute approximate surface area is 85.6 Å². The highest BCUT2D eigenvalue weighted by Crippen LogP contribution is 2.13. The Morgan fingerprint density at radius 1 is 1.77 bits per heavy atom. The number of H-pyrrole nitrogens is 1. The van der Waals surface area contributed by atoms with Crippen molar-refractivity contribution >= 4 is 22.4 Å². The van der Waals surface area contributed by atoms with E-state index in [-0.39, 0.29) is 6.10 Å². The third-order valence-corrected chi connectivity index (χ3v) is 2.33. The first-order chi connectivity index (χ1) is 6.26. The molecule has 1 aromatic heterocycles. The van der Waals surface area contributed by atoms with Crippen molar-refractivity contribution in [3.63, 3.8) is 0 Å². The lowest BCUT2D eigenvalue weighted by Gasteiger charge is -2.10. The van der Waals surface area contributed by atoms with Crippen LogP contribution in [0.25, 0.3) is 0 Å². The van der Waals surface area contributed by atoms with Crippen LogP contribution in [-0.4, -0.2) is 17.6 Å². The topological polar surface area (TPSA) is 42.1 Å². The summed E-state index contributed by atoms with van der Waals surface area (Å²) in [5.41, 5.74) is 1.14. The Hall–Kier alpha value is -0.770. The molecule has 0 amide bonds. The third kappa shape index (κ3) is 3.22. The second-order valence-electron chi connectivity index (χ2n) is 2.82. The summed E-state index contributed by atoms with van der Waals surface area (Å²) >= 11 is 3.32. The van der Waals surface area contributed by atoms with Crippen molar-refractivity contribution in [2.75, 3.05) is 0 Å². The zero-order valence-corrected chi connectivity index (χ0v) is 9.00. The number of aromatic amines is 1. The number of rotatable bonds is 5. The lowest BCUT2D eigenvalue weighted by molar-refractivity contribution is -0.133. The molecule has 0 aliphatic carbocycles. The van der Waals surface area contributed by atoms with E-state index in [0.717, 1.165) is 23.0 Å². The molecule has 1 heterocycles. The standard InChI is InChI=1S/C9H12BrNO2/c1-2-8(13-6-12)3-7-4-9(10)11-5-7/h4-6,8,11H,2-3H2,1H3. The summed E-state index contributed by atoms with van der Waals surface area (Å²) in [7, 11) is 0. The Kier molecular flexibility index (Phi) is 4.02. The highest BCUT2D eigenvalue weighted by Gasteiger charge is 2.08. The normalized spacial score (nSPS) is 12.5. The number of aromatic nitrogens is 1. The molecular weight excluding hydrogens is 234 g/mol. The highest BCUT2D eigenvalue weighted by atomic mass is 79.9. The van der Waals surface area contributed by atoms with Gasteiger partial charge in [0, 0.05) is 12.6 Å². The first-order valence-corrected chi connectivity index (χ1v) is 4.97. The maximum Gasteiger partial charge on any atom is 0.293 e. The molecule has 13 heavy (non-hydrogen) atoms. The quantitative estimate of drug-likeness (QED) is 0.810. The maximum absolute atomic E-state index is 10.1. The summed E-state index contributed by atoms with van der Waals surface area (Å²) in [5.74, 6) is 0. The van der Waals surface area contributed by atoms with E-state index in [1.54, 1.807) is 0 Å². The lowest BCUT2D eigenvalue weighted by Crippen LogP contribution is -2.13. The first-order valence-electron chi connectivity index (χ1n) is 4.18. The SMILES string of the molecule is CCC(Cc1c[nH]c(Br)c1)OC=O. The van der Waals surface area contributed by atoms with Crippen LogP contribution in [0.4, 0.5) is 0 Å². The van der Waals surface area contributed by atoms with Gasteiger partial charge in [-0.15, -0.1) is 0 Å². The monoisotopic (exact) mass is 245 g/mol. The summed E-state index contributed by atoms with van der Waals surface area (Å²) in [6, 6.07) is 1.98. The van der Waals surface area contributed by atoms with Gasteiger partial charge in [0.05, 0.1) is 4.60 Å². The first kappa shape index (κ1) is 10.3. The Morgan fingerprint density at radius 3 is 3.00 bits per heavy atom. The molecule has 1 unspecified atom stereocenters. The van der Waals surface area contributed by atoms with Gasteiger partial charge in [0.2, 0.25) is 0 Å². The van der Waals surface area contributed by atoms with Crippen molar-refractivity contribution in [2.45, 2.75) is 25.9 Å². The van der Waals surface area contributed by atoms with E-state index in [1.807, 2.05) is 19.2 Å². The van der Waals surface area contributed by atoms with Crippen LogP contribution in [0.3, 0.4) is 0 Å². The molecule has 0 saturated carbocycles. The molecule has 0 aliphatic rings. The molecule has 1 aromatic rings. The smallest absolute Gasteiger partial charge is 0.293 e. The fraction of sp³-hybridized carbons (Fsp3) is 0.444. The minimum Gasteiger partial charge on any atom is -0.464 e. The molecule has 0 fully saturated rings. The number of halogens is 1. The third-order valence-electron chi connectivity index (χ3n) is 1.87. The van der Waals surface area contributed by atoms with Crippen LogP contribution in [-0.2, 0) is 16.0 Å². The van der Waals surface area contributed by atoms with Gasteiger partial charge in [0.1, 0.15) is 6.10 Å². The zero-order chi connectivity index (χ0) is 9.68. The zero-order valence-electron chi connectivity index (χ0n) is 7.42. The molecule has 0 aliphatic heterocycles. The van der Waals surface area contributed by atoms with E-state index in [1.165, 1.54) is 0 Å². The van der Waals surface area contributed by atoms with E-state index < -0.39 is 0 Å². The van der Waals surface area contributed by atoms with Crippen molar-refractivity contribution in [3.8, 4) is 0 Å². The summed E-state index contributed by atoms with van der Waals surface area (Å²) in [6.45, 7) is 2.51. The van der Waals surface area contributed by atoms with Crippen LogP contribution < -0.4 is 0 Å². The van der Waals surface area contributed by atoms with Crippen LogP contribution in [0.5, 0.6) is 0 Å². The molecule has 4 heteroatoms. The molecule has 1 atom stereocenters. The maximum atomic E-state index is 10.1. The molecule has 0 bridgehead atoms. The van der Waals surface area contributed by atoms with E-state index in [4.69, 9.17) is 4.74 Å². The van der Waals surface area contributed by atoms with Crippen molar-refractivity contribution in [2.24, 2.45) is 0 Å². The molecule has 72 valence electrons. The van der Waals surface area contributed by atoms with Crippen LogP contribution in [0.1, 0.15) is 18.9 Å². The van der Waals surface area contributed by atoms with Gasteiger partial charge >= 0.3 is 0 Å². The van der Waals surface area contributed by atoms with Gasteiger partial charge < -0.3 is 9.72 Å². The number of ether oxygens (including phenoxy) is 1. The predicted molar refractivity (Wildman–Crippen MR) is 53.4 cm³/mol. The summed E-state index contributed by atoms with van der Waals surface area (Å²) in [6.07, 6.45) is 3.49. The molecule has 0 aromatic carbocycles. The lowest BCUT2D eigenvalue weighted by atomic mass is 10.1. The largest absolute Gasteiger partial charge is 0.464 e. The van der Waals surface area contributed by atoms with Crippen molar-refractivity contribution in [1.29, 1.82) is 0 Å². The fourth-order valence-electron chi connectivity index (χ4n) is 1.16. The second-order valence-corrected chi connectivity index (χ2v) is 3.68. The Morgan fingerprint density at radius 2 is 2.54 bits per heavy atom. The Balaban J connectivity index is 2.50. The van der Waals surface area contributed by atoms with Gasteiger partial charge in [-0.1, -0.05) is 6.92 Å². The van der Waals surface area contributed by atoms with Gasteiger partial charge in [-0.05, 0) is 34.0 Å². The molecule has 0 saturated heterocycles. The minimum atomic E-state index is -0.0137.